The predicted molar refractivity (Wildman–Crippen MR) is 90.1 cm³/mol. The van der Waals surface area contributed by atoms with Gasteiger partial charge in [-0.05, 0) is 44.2 Å². The standard InChI is InChI=1S/C18H20N4O/c1-3-20(4-2)18(23)15-7-8-16(22-12-9-19-14-22)17(13-15)21-10-5-6-11-21/h5-14H,3-4H2,1-2H3. The first-order chi connectivity index (χ1) is 11.2. The molecule has 0 spiro atoms. The number of carbonyl (C=O) groups excluding carboxylic acids is 1. The second-order valence-electron chi connectivity index (χ2n) is 5.24. The van der Waals surface area contributed by atoms with Crippen LogP contribution in [0, 0.1) is 0 Å². The first-order valence-electron chi connectivity index (χ1n) is 7.79. The monoisotopic (exact) mass is 308 g/mol. The van der Waals surface area contributed by atoms with Gasteiger partial charge in [0.1, 0.15) is 0 Å². The minimum atomic E-state index is 0.0561. The van der Waals surface area contributed by atoms with Crippen LogP contribution in [0.2, 0.25) is 0 Å². The van der Waals surface area contributed by atoms with E-state index in [9.17, 15) is 4.79 Å². The molecule has 0 aliphatic rings. The minimum absolute atomic E-state index is 0.0561. The van der Waals surface area contributed by atoms with Crippen molar-refractivity contribution in [2.24, 2.45) is 0 Å². The van der Waals surface area contributed by atoms with Gasteiger partial charge in [-0.15, -0.1) is 0 Å². The van der Waals surface area contributed by atoms with Crippen molar-refractivity contribution in [2.75, 3.05) is 13.1 Å². The van der Waals surface area contributed by atoms with E-state index < -0.39 is 0 Å². The van der Waals surface area contributed by atoms with Crippen LogP contribution >= 0.6 is 0 Å². The quantitative estimate of drug-likeness (QED) is 0.726. The van der Waals surface area contributed by atoms with Crippen LogP contribution in [0.4, 0.5) is 0 Å². The minimum Gasteiger partial charge on any atom is -0.339 e. The van der Waals surface area contributed by atoms with Gasteiger partial charge >= 0.3 is 0 Å². The molecule has 0 aliphatic carbocycles. The summed E-state index contributed by atoms with van der Waals surface area (Å²) in [5.41, 5.74) is 2.63. The number of amides is 1. The molecular formula is C18H20N4O. The summed E-state index contributed by atoms with van der Waals surface area (Å²) in [5.74, 6) is 0.0561. The Morgan fingerprint density at radius 3 is 2.39 bits per heavy atom. The maximum Gasteiger partial charge on any atom is 0.253 e. The molecule has 0 aliphatic heterocycles. The molecule has 23 heavy (non-hydrogen) atoms. The topological polar surface area (TPSA) is 43.1 Å². The first kappa shape index (κ1) is 15.1. The van der Waals surface area contributed by atoms with Gasteiger partial charge in [0.15, 0.2) is 0 Å². The Morgan fingerprint density at radius 2 is 1.78 bits per heavy atom. The number of aromatic nitrogens is 3. The van der Waals surface area contributed by atoms with Gasteiger partial charge in [-0.3, -0.25) is 4.79 Å². The largest absolute Gasteiger partial charge is 0.339 e. The van der Waals surface area contributed by atoms with Crippen LogP contribution in [0.5, 0.6) is 0 Å². The van der Waals surface area contributed by atoms with E-state index in [1.54, 1.807) is 12.5 Å². The van der Waals surface area contributed by atoms with Crippen LogP contribution in [-0.4, -0.2) is 38.0 Å². The molecule has 118 valence electrons. The average molecular weight is 308 g/mol. The van der Waals surface area contributed by atoms with E-state index >= 15 is 0 Å². The van der Waals surface area contributed by atoms with Gasteiger partial charge in [0.25, 0.3) is 5.91 Å². The summed E-state index contributed by atoms with van der Waals surface area (Å²) < 4.78 is 3.95. The molecule has 0 atom stereocenters. The van der Waals surface area contributed by atoms with Crippen molar-refractivity contribution in [1.82, 2.24) is 19.0 Å². The molecule has 3 rings (SSSR count). The van der Waals surface area contributed by atoms with Crippen molar-refractivity contribution < 1.29 is 4.79 Å². The first-order valence-corrected chi connectivity index (χ1v) is 7.79. The second kappa shape index (κ2) is 6.52. The lowest BCUT2D eigenvalue weighted by Gasteiger charge is -2.20. The van der Waals surface area contributed by atoms with Crippen LogP contribution in [0.1, 0.15) is 24.2 Å². The summed E-state index contributed by atoms with van der Waals surface area (Å²) >= 11 is 0. The highest BCUT2D eigenvalue weighted by molar-refractivity contribution is 5.95. The second-order valence-corrected chi connectivity index (χ2v) is 5.24. The van der Waals surface area contributed by atoms with Crippen LogP contribution in [0.25, 0.3) is 11.4 Å². The van der Waals surface area contributed by atoms with E-state index in [-0.39, 0.29) is 5.91 Å². The maximum absolute atomic E-state index is 12.6. The Labute approximate surface area is 135 Å². The molecule has 3 aromatic rings. The molecule has 1 amide bonds. The molecule has 2 aromatic heterocycles. The Morgan fingerprint density at radius 1 is 1.04 bits per heavy atom. The highest BCUT2D eigenvalue weighted by Crippen LogP contribution is 2.22. The summed E-state index contributed by atoms with van der Waals surface area (Å²) in [4.78, 5) is 18.6. The molecule has 5 heteroatoms. The lowest BCUT2D eigenvalue weighted by Crippen LogP contribution is -2.30. The van der Waals surface area contributed by atoms with Crippen molar-refractivity contribution in [1.29, 1.82) is 0 Å². The Balaban J connectivity index is 2.09. The molecule has 0 radical (unpaired) electrons. The summed E-state index contributed by atoms with van der Waals surface area (Å²) in [6.45, 7) is 5.40. The van der Waals surface area contributed by atoms with Crippen molar-refractivity contribution in [3.8, 4) is 11.4 Å². The third-order valence-corrected chi connectivity index (χ3v) is 3.94. The van der Waals surface area contributed by atoms with Crippen LogP contribution in [0.3, 0.4) is 0 Å². The third kappa shape index (κ3) is 2.90. The molecule has 0 fully saturated rings. The van der Waals surface area contributed by atoms with Crippen molar-refractivity contribution in [2.45, 2.75) is 13.8 Å². The highest BCUT2D eigenvalue weighted by atomic mass is 16.2. The molecule has 5 nitrogen and oxygen atoms in total. The van der Waals surface area contributed by atoms with Gasteiger partial charge in [-0.2, -0.15) is 0 Å². The number of hydrogen-bond donors (Lipinski definition) is 0. The van der Waals surface area contributed by atoms with Crippen molar-refractivity contribution in [3.63, 3.8) is 0 Å². The molecule has 0 saturated heterocycles. The summed E-state index contributed by atoms with van der Waals surface area (Å²) in [6.07, 6.45) is 9.35. The van der Waals surface area contributed by atoms with Gasteiger partial charge in [-0.1, -0.05) is 0 Å². The number of hydrogen-bond acceptors (Lipinski definition) is 2. The predicted octanol–water partition coefficient (Wildman–Crippen LogP) is 3.15. The summed E-state index contributed by atoms with van der Waals surface area (Å²) in [7, 11) is 0. The average Bonchev–Trinajstić information content (AvgIpc) is 3.29. The number of rotatable bonds is 5. The van der Waals surface area contributed by atoms with E-state index in [0.29, 0.717) is 18.7 Å². The Hall–Kier alpha value is -2.82. The van der Waals surface area contributed by atoms with Gasteiger partial charge in [0.05, 0.1) is 17.7 Å². The maximum atomic E-state index is 12.6. The summed E-state index contributed by atoms with van der Waals surface area (Å²) in [6, 6.07) is 9.72. The normalized spacial score (nSPS) is 10.7. The number of benzene rings is 1. The van der Waals surface area contributed by atoms with Gasteiger partial charge in [0, 0.05) is 43.4 Å². The van der Waals surface area contributed by atoms with E-state index in [0.717, 1.165) is 11.4 Å². The summed E-state index contributed by atoms with van der Waals surface area (Å²) in [5, 5.41) is 0. The Kier molecular flexibility index (Phi) is 4.28. The van der Waals surface area contributed by atoms with E-state index in [1.807, 2.05) is 76.8 Å². The zero-order valence-electron chi connectivity index (χ0n) is 13.4. The highest BCUT2D eigenvalue weighted by Gasteiger charge is 2.15. The molecule has 1 aromatic carbocycles. The van der Waals surface area contributed by atoms with Gasteiger partial charge in [0.2, 0.25) is 0 Å². The van der Waals surface area contributed by atoms with E-state index in [1.165, 1.54) is 0 Å². The van der Waals surface area contributed by atoms with Crippen molar-refractivity contribution >= 4 is 5.91 Å². The number of imidazole rings is 1. The van der Waals surface area contributed by atoms with E-state index in [4.69, 9.17) is 0 Å². The fourth-order valence-electron chi connectivity index (χ4n) is 2.67. The van der Waals surface area contributed by atoms with Crippen LogP contribution in [-0.2, 0) is 0 Å². The molecule has 0 saturated carbocycles. The number of carbonyl (C=O) groups is 1. The Bertz CT molecular complexity index is 771. The van der Waals surface area contributed by atoms with Crippen LogP contribution < -0.4 is 0 Å². The fourth-order valence-corrected chi connectivity index (χ4v) is 2.67. The number of nitrogens with zero attached hydrogens (tertiary/aromatic N) is 4. The molecule has 0 unspecified atom stereocenters. The smallest absolute Gasteiger partial charge is 0.253 e. The fraction of sp³-hybridized carbons (Fsp3) is 0.222. The van der Waals surface area contributed by atoms with Crippen LogP contribution in [0.15, 0.2) is 61.4 Å². The third-order valence-electron chi connectivity index (χ3n) is 3.94. The zero-order valence-corrected chi connectivity index (χ0v) is 13.4. The van der Waals surface area contributed by atoms with Gasteiger partial charge < -0.3 is 14.0 Å². The lowest BCUT2D eigenvalue weighted by atomic mass is 10.1. The van der Waals surface area contributed by atoms with Gasteiger partial charge in [-0.25, -0.2) is 4.98 Å². The SMILES string of the molecule is CCN(CC)C(=O)c1ccc(-n2ccnc2)c(-n2cccc2)c1. The zero-order chi connectivity index (χ0) is 16.2. The lowest BCUT2D eigenvalue weighted by molar-refractivity contribution is 0.0773. The molecular weight excluding hydrogens is 288 g/mol. The molecule has 2 heterocycles. The van der Waals surface area contributed by atoms with E-state index in [2.05, 4.69) is 4.98 Å². The van der Waals surface area contributed by atoms with Crippen molar-refractivity contribution in [3.05, 3.63) is 67.0 Å². The molecule has 0 N–H and O–H groups in total. The molecule has 0 bridgehead atoms.